The number of hydrogen-bond donors (Lipinski definition) is 1. The van der Waals surface area contributed by atoms with Crippen LogP contribution in [0.1, 0.15) is 27.2 Å². The van der Waals surface area contributed by atoms with E-state index in [1.54, 1.807) is 4.90 Å². The Morgan fingerprint density at radius 2 is 2.07 bits per heavy atom. The second-order valence-electron chi connectivity index (χ2n) is 3.47. The average Bonchev–Trinajstić information content (AvgIpc) is 2.22. The zero-order valence-corrected chi connectivity index (χ0v) is 10.4. The Morgan fingerprint density at radius 1 is 1.50 bits per heavy atom. The van der Waals surface area contributed by atoms with Gasteiger partial charge in [-0.25, -0.2) is 0 Å². The van der Waals surface area contributed by atoms with E-state index >= 15 is 0 Å². The van der Waals surface area contributed by atoms with Gasteiger partial charge in [0.25, 0.3) is 0 Å². The fraction of sp³-hybridized carbons (Fsp3) is 0.900. The second kappa shape index (κ2) is 7.12. The molecule has 0 fully saturated rings. The summed E-state index contributed by atoms with van der Waals surface area (Å²) in [4.78, 5) is 13.4. The Bertz CT molecular complexity index is 176. The van der Waals surface area contributed by atoms with Crippen molar-refractivity contribution < 1.29 is 4.79 Å². The van der Waals surface area contributed by atoms with Crippen molar-refractivity contribution in [3.8, 4) is 0 Å². The number of rotatable bonds is 6. The van der Waals surface area contributed by atoms with E-state index in [2.05, 4.69) is 13.8 Å². The second-order valence-corrected chi connectivity index (χ2v) is 4.79. The van der Waals surface area contributed by atoms with Gasteiger partial charge in [-0.2, -0.15) is 11.8 Å². The van der Waals surface area contributed by atoms with Crippen LogP contribution < -0.4 is 5.73 Å². The fourth-order valence-electron chi connectivity index (χ4n) is 1.05. The molecule has 0 bridgehead atoms. The predicted molar refractivity (Wildman–Crippen MR) is 63.5 cm³/mol. The van der Waals surface area contributed by atoms with Crippen molar-refractivity contribution in [1.29, 1.82) is 0 Å². The summed E-state index contributed by atoms with van der Waals surface area (Å²) < 4.78 is 0. The van der Waals surface area contributed by atoms with Crippen LogP contribution in [-0.4, -0.2) is 41.4 Å². The van der Waals surface area contributed by atoms with E-state index in [4.69, 9.17) is 5.73 Å². The van der Waals surface area contributed by atoms with Crippen molar-refractivity contribution in [2.45, 2.75) is 39.3 Å². The monoisotopic (exact) mass is 218 g/mol. The van der Waals surface area contributed by atoms with Crippen molar-refractivity contribution in [3.63, 3.8) is 0 Å². The molecule has 0 aliphatic rings. The lowest BCUT2D eigenvalue weighted by molar-refractivity contribution is -0.132. The molecule has 0 aromatic heterocycles. The number of hydrogen-bond acceptors (Lipinski definition) is 3. The third kappa shape index (κ3) is 4.33. The zero-order chi connectivity index (χ0) is 11.1. The number of nitrogens with two attached hydrogens (primary N) is 1. The first-order chi connectivity index (χ1) is 6.54. The van der Waals surface area contributed by atoms with Gasteiger partial charge < -0.3 is 10.6 Å². The standard InChI is InChI=1S/C10H22N2OS/c1-5-9(11)10(13)12(4)8(3)7-14-6-2/h8-9H,5-7,11H2,1-4H3/t8-,9-/m0/s1. The third-order valence-electron chi connectivity index (χ3n) is 2.33. The van der Waals surface area contributed by atoms with Gasteiger partial charge in [-0.1, -0.05) is 13.8 Å². The summed E-state index contributed by atoms with van der Waals surface area (Å²) >= 11 is 1.85. The number of carbonyl (C=O) groups excluding carboxylic acids is 1. The van der Waals surface area contributed by atoms with Crippen LogP contribution in [0, 0.1) is 0 Å². The molecule has 2 atom stereocenters. The molecule has 0 aromatic rings. The number of nitrogens with zero attached hydrogens (tertiary/aromatic N) is 1. The van der Waals surface area contributed by atoms with Crippen LogP contribution in [0.2, 0.25) is 0 Å². The Hall–Kier alpha value is -0.220. The highest BCUT2D eigenvalue weighted by molar-refractivity contribution is 7.99. The quantitative estimate of drug-likeness (QED) is 0.731. The van der Waals surface area contributed by atoms with Gasteiger partial charge in [0.15, 0.2) is 0 Å². The van der Waals surface area contributed by atoms with Crippen LogP contribution in [0.4, 0.5) is 0 Å². The van der Waals surface area contributed by atoms with E-state index in [1.807, 2.05) is 25.7 Å². The van der Waals surface area contributed by atoms with Crippen LogP contribution in [0.3, 0.4) is 0 Å². The Morgan fingerprint density at radius 3 is 2.50 bits per heavy atom. The van der Waals surface area contributed by atoms with Crippen LogP contribution in [0.15, 0.2) is 0 Å². The number of thioether (sulfide) groups is 1. The molecular weight excluding hydrogens is 196 g/mol. The molecule has 0 radical (unpaired) electrons. The minimum Gasteiger partial charge on any atom is -0.341 e. The SMILES string of the molecule is CCSC[C@H](C)N(C)C(=O)[C@@H](N)CC. The fourth-order valence-corrected chi connectivity index (χ4v) is 1.85. The normalized spacial score (nSPS) is 14.9. The first kappa shape index (κ1) is 13.8. The molecule has 0 spiro atoms. The zero-order valence-electron chi connectivity index (χ0n) is 9.62. The molecule has 0 rings (SSSR count). The van der Waals surface area contributed by atoms with Crippen molar-refractivity contribution >= 4 is 17.7 Å². The number of carbonyl (C=O) groups is 1. The average molecular weight is 218 g/mol. The van der Waals surface area contributed by atoms with Gasteiger partial charge in [0.2, 0.25) is 5.91 Å². The first-order valence-electron chi connectivity index (χ1n) is 5.14. The summed E-state index contributed by atoms with van der Waals surface area (Å²) in [5.74, 6) is 2.12. The van der Waals surface area contributed by atoms with Gasteiger partial charge in [-0.05, 0) is 19.1 Å². The van der Waals surface area contributed by atoms with Crippen LogP contribution in [0.25, 0.3) is 0 Å². The molecule has 0 unspecified atom stereocenters. The molecule has 2 N–H and O–H groups in total. The molecule has 0 saturated carbocycles. The number of likely N-dealkylation sites (N-methyl/N-ethyl adjacent to an activating group) is 1. The van der Waals surface area contributed by atoms with Crippen molar-refractivity contribution in [3.05, 3.63) is 0 Å². The van der Waals surface area contributed by atoms with Crippen molar-refractivity contribution in [2.75, 3.05) is 18.6 Å². The molecule has 0 aliphatic carbocycles. The maximum atomic E-state index is 11.7. The largest absolute Gasteiger partial charge is 0.341 e. The van der Waals surface area contributed by atoms with Crippen LogP contribution in [0.5, 0.6) is 0 Å². The molecule has 84 valence electrons. The molecule has 14 heavy (non-hydrogen) atoms. The molecule has 4 heteroatoms. The summed E-state index contributed by atoms with van der Waals surface area (Å²) in [5, 5.41) is 0. The first-order valence-corrected chi connectivity index (χ1v) is 6.30. The van der Waals surface area contributed by atoms with E-state index in [0.29, 0.717) is 6.42 Å². The molecule has 0 aromatic carbocycles. The van der Waals surface area contributed by atoms with Crippen LogP contribution in [-0.2, 0) is 4.79 Å². The highest BCUT2D eigenvalue weighted by atomic mass is 32.2. The van der Waals surface area contributed by atoms with E-state index in [9.17, 15) is 4.79 Å². The highest BCUT2D eigenvalue weighted by Gasteiger charge is 2.20. The lowest BCUT2D eigenvalue weighted by Gasteiger charge is -2.26. The molecule has 0 aliphatic heterocycles. The molecule has 0 saturated heterocycles. The topological polar surface area (TPSA) is 46.3 Å². The maximum absolute atomic E-state index is 11.7. The smallest absolute Gasteiger partial charge is 0.239 e. The molecule has 3 nitrogen and oxygen atoms in total. The minimum absolute atomic E-state index is 0.0525. The minimum atomic E-state index is -0.339. The van der Waals surface area contributed by atoms with E-state index in [-0.39, 0.29) is 18.0 Å². The van der Waals surface area contributed by atoms with Gasteiger partial charge in [0, 0.05) is 18.8 Å². The summed E-state index contributed by atoms with van der Waals surface area (Å²) in [6.07, 6.45) is 0.705. The van der Waals surface area contributed by atoms with Gasteiger partial charge >= 0.3 is 0 Å². The summed E-state index contributed by atoms with van der Waals surface area (Å²) in [6, 6.07) is -0.0703. The van der Waals surface area contributed by atoms with Crippen molar-refractivity contribution in [1.82, 2.24) is 4.90 Å². The van der Waals surface area contributed by atoms with E-state index in [1.165, 1.54) is 0 Å². The van der Waals surface area contributed by atoms with Crippen molar-refractivity contribution in [2.24, 2.45) is 5.73 Å². The molecule has 1 amide bonds. The van der Waals surface area contributed by atoms with E-state index < -0.39 is 0 Å². The molecule has 0 heterocycles. The van der Waals surface area contributed by atoms with Gasteiger partial charge in [0.1, 0.15) is 0 Å². The Balaban J connectivity index is 4.03. The highest BCUT2D eigenvalue weighted by Crippen LogP contribution is 2.08. The number of amides is 1. The van der Waals surface area contributed by atoms with Crippen LogP contribution >= 0.6 is 11.8 Å². The molecular formula is C10H22N2OS. The lowest BCUT2D eigenvalue weighted by atomic mass is 10.2. The summed E-state index contributed by atoms with van der Waals surface area (Å²) in [6.45, 7) is 6.11. The Labute approximate surface area is 91.4 Å². The maximum Gasteiger partial charge on any atom is 0.239 e. The van der Waals surface area contributed by atoms with Gasteiger partial charge in [0.05, 0.1) is 6.04 Å². The predicted octanol–water partition coefficient (Wildman–Crippen LogP) is 1.32. The Kier molecular flexibility index (Phi) is 7.01. The van der Waals surface area contributed by atoms with Gasteiger partial charge in [-0.3, -0.25) is 4.79 Å². The van der Waals surface area contributed by atoms with E-state index in [0.717, 1.165) is 11.5 Å². The van der Waals surface area contributed by atoms with Gasteiger partial charge in [-0.15, -0.1) is 0 Å². The third-order valence-corrected chi connectivity index (χ3v) is 3.46. The lowest BCUT2D eigenvalue weighted by Crippen LogP contribution is -2.46. The summed E-state index contributed by atoms with van der Waals surface area (Å²) in [7, 11) is 1.83. The summed E-state index contributed by atoms with van der Waals surface area (Å²) in [5.41, 5.74) is 5.69.